The van der Waals surface area contributed by atoms with Crippen molar-refractivity contribution >= 4 is 12.0 Å². The number of nitrogens with zero attached hydrogens (tertiary/aromatic N) is 1. The van der Waals surface area contributed by atoms with Crippen LogP contribution in [0.4, 0.5) is 0 Å². The van der Waals surface area contributed by atoms with E-state index in [0.29, 0.717) is 11.3 Å². The van der Waals surface area contributed by atoms with Gasteiger partial charge in [-0.05, 0) is 30.7 Å². The Bertz CT molecular complexity index is 446. The lowest BCUT2D eigenvalue weighted by Gasteiger charge is -2.07. The van der Waals surface area contributed by atoms with Crippen molar-refractivity contribution in [2.24, 2.45) is 0 Å². The van der Waals surface area contributed by atoms with Crippen molar-refractivity contribution in [2.45, 2.75) is 13.0 Å². The van der Waals surface area contributed by atoms with Crippen LogP contribution in [0, 0.1) is 11.3 Å². The zero-order chi connectivity index (χ0) is 12.0. The van der Waals surface area contributed by atoms with Gasteiger partial charge in [0.05, 0.1) is 0 Å². The van der Waals surface area contributed by atoms with Gasteiger partial charge in [-0.1, -0.05) is 12.1 Å². The van der Waals surface area contributed by atoms with Crippen molar-refractivity contribution < 1.29 is 14.6 Å². The van der Waals surface area contributed by atoms with Crippen molar-refractivity contribution in [2.75, 3.05) is 0 Å². The number of carboxylic acid groups (broad SMARTS) is 1. The molecule has 0 saturated carbocycles. The number of hydrogen-bond donors (Lipinski definition) is 1. The summed E-state index contributed by atoms with van der Waals surface area (Å²) in [5, 5.41) is 17.0. The van der Waals surface area contributed by atoms with E-state index in [1.807, 2.05) is 6.07 Å². The lowest BCUT2D eigenvalue weighted by molar-refractivity contribution is -0.131. The number of nitriles is 1. The maximum absolute atomic E-state index is 10.3. The van der Waals surface area contributed by atoms with E-state index >= 15 is 0 Å². The fourth-order valence-corrected chi connectivity index (χ4v) is 1.09. The molecule has 0 spiro atoms. The van der Waals surface area contributed by atoms with Gasteiger partial charge in [0, 0.05) is 6.08 Å². The second-order valence-electron chi connectivity index (χ2n) is 3.13. The van der Waals surface area contributed by atoms with Gasteiger partial charge in [0.2, 0.25) is 0 Å². The summed E-state index contributed by atoms with van der Waals surface area (Å²) in [6, 6.07) is 8.83. The largest absolute Gasteiger partial charge is 0.478 e. The van der Waals surface area contributed by atoms with Gasteiger partial charge in [0.15, 0.2) is 6.10 Å². The van der Waals surface area contributed by atoms with Crippen LogP contribution in [0.2, 0.25) is 0 Å². The first-order chi connectivity index (χ1) is 7.61. The van der Waals surface area contributed by atoms with Gasteiger partial charge < -0.3 is 9.84 Å². The molecule has 4 nitrogen and oxygen atoms in total. The van der Waals surface area contributed by atoms with E-state index in [0.717, 1.165) is 6.08 Å². The van der Waals surface area contributed by atoms with Crippen LogP contribution in [0.3, 0.4) is 0 Å². The molecule has 1 aromatic carbocycles. The van der Waals surface area contributed by atoms with E-state index in [-0.39, 0.29) is 0 Å². The Morgan fingerprint density at radius 1 is 1.62 bits per heavy atom. The van der Waals surface area contributed by atoms with Crippen LogP contribution >= 0.6 is 0 Å². The molecule has 1 aromatic rings. The summed E-state index contributed by atoms with van der Waals surface area (Å²) in [7, 11) is 0. The van der Waals surface area contributed by atoms with Crippen LogP contribution in [0.15, 0.2) is 30.3 Å². The third-order valence-corrected chi connectivity index (χ3v) is 1.77. The van der Waals surface area contributed by atoms with Gasteiger partial charge in [-0.25, -0.2) is 4.79 Å². The molecule has 0 saturated heterocycles. The van der Waals surface area contributed by atoms with Crippen molar-refractivity contribution in [1.82, 2.24) is 0 Å². The summed E-state index contributed by atoms with van der Waals surface area (Å²) in [4.78, 5) is 10.3. The number of carbonyl (C=O) groups is 1. The van der Waals surface area contributed by atoms with Crippen LogP contribution < -0.4 is 4.74 Å². The SMILES string of the molecule is CC(C#N)Oc1cccc(C=CC(=O)O)c1. The zero-order valence-corrected chi connectivity index (χ0v) is 8.75. The van der Waals surface area contributed by atoms with E-state index in [9.17, 15) is 4.79 Å². The number of ether oxygens (including phenoxy) is 1. The van der Waals surface area contributed by atoms with Crippen LogP contribution in [-0.4, -0.2) is 17.2 Å². The minimum atomic E-state index is -1.00. The Morgan fingerprint density at radius 2 is 2.38 bits per heavy atom. The quantitative estimate of drug-likeness (QED) is 0.784. The van der Waals surface area contributed by atoms with Crippen molar-refractivity contribution in [3.63, 3.8) is 0 Å². The Balaban J connectivity index is 2.79. The lowest BCUT2D eigenvalue weighted by atomic mass is 10.2. The summed E-state index contributed by atoms with van der Waals surface area (Å²) in [5.74, 6) is -0.460. The lowest BCUT2D eigenvalue weighted by Crippen LogP contribution is -2.07. The van der Waals surface area contributed by atoms with Crippen LogP contribution in [0.25, 0.3) is 6.08 Å². The van der Waals surface area contributed by atoms with Gasteiger partial charge in [-0.15, -0.1) is 0 Å². The average molecular weight is 217 g/mol. The standard InChI is InChI=1S/C12H11NO3/c1-9(8-13)16-11-4-2-3-10(7-11)5-6-12(14)15/h2-7,9H,1H3,(H,14,15). The maximum atomic E-state index is 10.3. The molecular formula is C12H11NO3. The molecule has 1 unspecified atom stereocenters. The van der Waals surface area contributed by atoms with Gasteiger partial charge in [0.1, 0.15) is 11.8 Å². The number of rotatable bonds is 4. The Labute approximate surface area is 93.4 Å². The first-order valence-electron chi connectivity index (χ1n) is 4.69. The van der Waals surface area contributed by atoms with E-state index in [2.05, 4.69) is 0 Å². The molecule has 1 rings (SSSR count). The fourth-order valence-electron chi connectivity index (χ4n) is 1.09. The number of aliphatic carboxylic acids is 1. The predicted octanol–water partition coefficient (Wildman–Crippen LogP) is 2.08. The first-order valence-corrected chi connectivity index (χ1v) is 4.69. The highest BCUT2D eigenvalue weighted by atomic mass is 16.5. The molecule has 0 fully saturated rings. The Morgan fingerprint density at radius 3 is 3.00 bits per heavy atom. The molecular weight excluding hydrogens is 206 g/mol. The maximum Gasteiger partial charge on any atom is 0.328 e. The molecule has 16 heavy (non-hydrogen) atoms. The Kier molecular flexibility index (Phi) is 4.10. The summed E-state index contributed by atoms with van der Waals surface area (Å²) in [6.45, 7) is 1.64. The number of hydrogen-bond acceptors (Lipinski definition) is 3. The molecule has 0 aliphatic heterocycles. The van der Waals surface area contributed by atoms with E-state index in [1.165, 1.54) is 6.08 Å². The highest BCUT2D eigenvalue weighted by Gasteiger charge is 2.01. The molecule has 0 heterocycles. The minimum absolute atomic E-state index is 0.529. The normalized spacial score (nSPS) is 12.0. The predicted molar refractivity (Wildman–Crippen MR) is 58.8 cm³/mol. The second kappa shape index (κ2) is 5.56. The summed E-state index contributed by atoms with van der Waals surface area (Å²) in [6.07, 6.45) is 1.98. The van der Waals surface area contributed by atoms with E-state index in [1.54, 1.807) is 31.2 Å². The number of benzene rings is 1. The van der Waals surface area contributed by atoms with Gasteiger partial charge in [-0.3, -0.25) is 0 Å². The first kappa shape index (κ1) is 11.8. The number of carboxylic acids is 1. The van der Waals surface area contributed by atoms with E-state index < -0.39 is 12.1 Å². The molecule has 0 radical (unpaired) electrons. The van der Waals surface area contributed by atoms with Gasteiger partial charge in [-0.2, -0.15) is 5.26 Å². The van der Waals surface area contributed by atoms with Gasteiger partial charge >= 0.3 is 5.97 Å². The Hall–Kier alpha value is -2.28. The van der Waals surface area contributed by atoms with Crippen LogP contribution in [-0.2, 0) is 4.79 Å². The monoisotopic (exact) mass is 217 g/mol. The molecule has 4 heteroatoms. The van der Waals surface area contributed by atoms with Crippen molar-refractivity contribution in [1.29, 1.82) is 5.26 Å². The summed E-state index contributed by atoms with van der Waals surface area (Å²) in [5.41, 5.74) is 0.713. The molecule has 1 N–H and O–H groups in total. The van der Waals surface area contributed by atoms with Crippen LogP contribution in [0.1, 0.15) is 12.5 Å². The average Bonchev–Trinajstić information content (AvgIpc) is 2.26. The summed E-state index contributed by atoms with van der Waals surface area (Å²) < 4.78 is 5.27. The van der Waals surface area contributed by atoms with Crippen molar-refractivity contribution in [3.8, 4) is 11.8 Å². The molecule has 0 aliphatic carbocycles. The topological polar surface area (TPSA) is 70.3 Å². The second-order valence-corrected chi connectivity index (χ2v) is 3.13. The molecule has 0 bridgehead atoms. The molecule has 1 atom stereocenters. The smallest absolute Gasteiger partial charge is 0.328 e. The van der Waals surface area contributed by atoms with Crippen LogP contribution in [0.5, 0.6) is 5.75 Å². The molecule has 0 aromatic heterocycles. The van der Waals surface area contributed by atoms with Gasteiger partial charge in [0.25, 0.3) is 0 Å². The van der Waals surface area contributed by atoms with Crippen molar-refractivity contribution in [3.05, 3.63) is 35.9 Å². The highest BCUT2D eigenvalue weighted by molar-refractivity contribution is 5.85. The summed E-state index contributed by atoms with van der Waals surface area (Å²) >= 11 is 0. The minimum Gasteiger partial charge on any atom is -0.478 e. The molecule has 82 valence electrons. The highest BCUT2D eigenvalue weighted by Crippen LogP contribution is 2.15. The van der Waals surface area contributed by atoms with E-state index in [4.69, 9.17) is 15.1 Å². The third kappa shape index (κ3) is 3.84. The molecule has 0 aliphatic rings. The third-order valence-electron chi connectivity index (χ3n) is 1.77. The fraction of sp³-hybridized carbons (Fsp3) is 0.167. The zero-order valence-electron chi connectivity index (χ0n) is 8.75. The molecule has 0 amide bonds.